The predicted molar refractivity (Wildman–Crippen MR) is 119 cm³/mol. The quantitative estimate of drug-likeness (QED) is 0.330. The van der Waals surface area contributed by atoms with Crippen LogP contribution >= 0.6 is 11.8 Å². The summed E-state index contributed by atoms with van der Waals surface area (Å²) in [6.45, 7) is 3.55. The summed E-state index contributed by atoms with van der Waals surface area (Å²) in [6.07, 6.45) is 0.654. The van der Waals surface area contributed by atoms with E-state index in [2.05, 4.69) is 34.6 Å². The first-order valence-corrected chi connectivity index (χ1v) is 10.8. The van der Waals surface area contributed by atoms with Gasteiger partial charge in [0.05, 0.1) is 0 Å². The van der Waals surface area contributed by atoms with Crippen LogP contribution in [0, 0.1) is 0 Å². The minimum atomic E-state index is -0.453. The Morgan fingerprint density at radius 1 is 1.10 bits per heavy atom. The van der Waals surface area contributed by atoms with Crippen molar-refractivity contribution in [2.75, 3.05) is 5.32 Å². The fourth-order valence-electron chi connectivity index (χ4n) is 3.31. The largest absolute Gasteiger partial charge is 0.423 e. The molecule has 0 aliphatic carbocycles. The zero-order valence-corrected chi connectivity index (χ0v) is 17.9. The molecule has 0 fully saturated rings. The molecule has 1 N–H and O–H groups in total. The third-order valence-electron chi connectivity index (χ3n) is 4.80. The van der Waals surface area contributed by atoms with Crippen molar-refractivity contribution < 1.29 is 13.6 Å². The van der Waals surface area contributed by atoms with E-state index < -0.39 is 5.63 Å². The first kappa shape index (κ1) is 20.9. The van der Waals surface area contributed by atoms with Crippen LogP contribution in [0.25, 0.3) is 11.0 Å². The monoisotopic (exact) mass is 435 g/mol. The van der Waals surface area contributed by atoms with E-state index in [0.717, 1.165) is 10.9 Å². The zero-order valence-electron chi connectivity index (χ0n) is 17.1. The molecule has 1 unspecified atom stereocenters. The summed E-state index contributed by atoms with van der Waals surface area (Å²) >= 11 is 1.37. The highest BCUT2D eigenvalue weighted by molar-refractivity contribution is 7.98. The fourth-order valence-corrected chi connectivity index (χ4v) is 4.08. The van der Waals surface area contributed by atoms with Gasteiger partial charge in [0.2, 0.25) is 11.8 Å². The highest BCUT2D eigenvalue weighted by Gasteiger charge is 2.14. The highest BCUT2D eigenvalue weighted by Crippen LogP contribution is 2.28. The lowest BCUT2D eigenvalue weighted by Crippen LogP contribution is -2.06. The molecule has 1 atom stereocenters. The Kier molecular flexibility index (Phi) is 6.18. The van der Waals surface area contributed by atoms with E-state index in [4.69, 9.17) is 8.83 Å². The Morgan fingerprint density at radius 2 is 1.90 bits per heavy atom. The number of anilines is 1. The van der Waals surface area contributed by atoms with Crippen LogP contribution in [0.5, 0.6) is 0 Å². The molecule has 2 heterocycles. The molecule has 31 heavy (non-hydrogen) atoms. The Hall–Kier alpha value is -3.39. The zero-order chi connectivity index (χ0) is 21.8. The predicted octanol–water partition coefficient (Wildman–Crippen LogP) is 4.77. The molecule has 2 aromatic carbocycles. The lowest BCUT2D eigenvalue weighted by molar-refractivity contribution is -0.114. The number of thioether (sulfide) groups is 1. The number of fused-ring (bicyclic) bond motifs is 1. The molecule has 0 spiro atoms. The maximum atomic E-state index is 12.0. The van der Waals surface area contributed by atoms with Crippen LogP contribution in [0.15, 0.2) is 73.4 Å². The van der Waals surface area contributed by atoms with Crippen molar-refractivity contribution in [3.63, 3.8) is 0 Å². The van der Waals surface area contributed by atoms with E-state index in [0.29, 0.717) is 34.6 Å². The van der Waals surface area contributed by atoms with Crippen molar-refractivity contribution in [2.45, 2.75) is 37.2 Å². The summed E-state index contributed by atoms with van der Waals surface area (Å²) in [5.74, 6) is 1.12. The Balaban J connectivity index is 1.47. The number of hydrogen-bond donors (Lipinski definition) is 1. The van der Waals surface area contributed by atoms with Gasteiger partial charge in [0, 0.05) is 42.3 Å². The van der Waals surface area contributed by atoms with Crippen LogP contribution in [0.4, 0.5) is 5.69 Å². The maximum absolute atomic E-state index is 12.0. The Bertz CT molecular complexity index is 1270. The molecular weight excluding hydrogens is 414 g/mol. The summed E-state index contributed by atoms with van der Waals surface area (Å²) in [7, 11) is 0. The van der Waals surface area contributed by atoms with Crippen molar-refractivity contribution in [1.29, 1.82) is 0 Å². The SMILES string of the molecule is CC(=O)Nc1ccc2c(CSc3nnc(CC(C)c4ccccc4)o3)cc(=O)oc2c1. The van der Waals surface area contributed by atoms with Crippen LogP contribution in [0.1, 0.15) is 36.8 Å². The van der Waals surface area contributed by atoms with Crippen LogP contribution in [0.2, 0.25) is 0 Å². The van der Waals surface area contributed by atoms with Gasteiger partial charge in [0.15, 0.2) is 0 Å². The number of carbonyl (C=O) groups excluding carboxylic acids is 1. The van der Waals surface area contributed by atoms with Crippen molar-refractivity contribution in [3.8, 4) is 0 Å². The number of nitrogens with zero attached hydrogens (tertiary/aromatic N) is 2. The molecule has 0 saturated carbocycles. The summed E-state index contributed by atoms with van der Waals surface area (Å²) in [5.41, 5.74) is 2.55. The summed E-state index contributed by atoms with van der Waals surface area (Å²) in [4.78, 5) is 23.3. The molecule has 4 aromatic rings. The maximum Gasteiger partial charge on any atom is 0.336 e. The van der Waals surface area contributed by atoms with E-state index in [1.807, 2.05) is 24.3 Å². The number of nitrogens with one attached hydrogen (secondary N) is 1. The summed E-state index contributed by atoms with van der Waals surface area (Å²) in [6, 6.07) is 16.9. The van der Waals surface area contributed by atoms with Gasteiger partial charge in [0.25, 0.3) is 5.22 Å². The van der Waals surface area contributed by atoms with Gasteiger partial charge in [-0.25, -0.2) is 4.79 Å². The van der Waals surface area contributed by atoms with Gasteiger partial charge >= 0.3 is 5.63 Å². The molecular formula is C23H21N3O4S. The minimum Gasteiger partial charge on any atom is -0.423 e. The van der Waals surface area contributed by atoms with Crippen molar-refractivity contribution >= 4 is 34.3 Å². The first-order valence-electron chi connectivity index (χ1n) is 9.82. The topological polar surface area (TPSA) is 98.2 Å². The molecule has 0 radical (unpaired) electrons. The third-order valence-corrected chi connectivity index (χ3v) is 5.67. The number of benzene rings is 2. The van der Waals surface area contributed by atoms with Gasteiger partial charge in [-0.05, 0) is 29.2 Å². The molecule has 1 amide bonds. The van der Waals surface area contributed by atoms with Crippen LogP contribution in [-0.4, -0.2) is 16.1 Å². The summed E-state index contributed by atoms with van der Waals surface area (Å²) < 4.78 is 11.1. The second-order valence-corrected chi connectivity index (χ2v) is 8.18. The Labute approximate surface area is 182 Å². The average molecular weight is 436 g/mol. The number of amides is 1. The smallest absolute Gasteiger partial charge is 0.336 e. The number of rotatable bonds is 7. The lowest BCUT2D eigenvalue weighted by atomic mass is 9.98. The highest BCUT2D eigenvalue weighted by atomic mass is 32.2. The normalized spacial score (nSPS) is 12.1. The lowest BCUT2D eigenvalue weighted by Gasteiger charge is -2.08. The van der Waals surface area contributed by atoms with Gasteiger partial charge in [-0.2, -0.15) is 0 Å². The molecule has 0 saturated heterocycles. The summed E-state index contributed by atoms with van der Waals surface area (Å²) in [5, 5.41) is 12.2. The van der Waals surface area contributed by atoms with Crippen LogP contribution < -0.4 is 10.9 Å². The van der Waals surface area contributed by atoms with Gasteiger partial charge in [-0.3, -0.25) is 4.79 Å². The second-order valence-electron chi connectivity index (χ2n) is 7.25. The van der Waals surface area contributed by atoms with Crippen LogP contribution in [0.3, 0.4) is 0 Å². The van der Waals surface area contributed by atoms with Gasteiger partial charge in [0.1, 0.15) is 5.58 Å². The van der Waals surface area contributed by atoms with Crippen molar-refractivity contribution in [2.24, 2.45) is 0 Å². The molecule has 2 aromatic heterocycles. The molecule has 4 rings (SSSR count). The number of hydrogen-bond acceptors (Lipinski definition) is 7. The van der Waals surface area contributed by atoms with E-state index >= 15 is 0 Å². The third kappa shape index (κ3) is 5.21. The van der Waals surface area contributed by atoms with E-state index in [1.165, 1.54) is 30.3 Å². The Morgan fingerprint density at radius 3 is 2.68 bits per heavy atom. The number of carbonyl (C=O) groups is 1. The molecule has 0 bridgehead atoms. The van der Waals surface area contributed by atoms with E-state index in [1.54, 1.807) is 12.1 Å². The average Bonchev–Trinajstić information content (AvgIpc) is 3.19. The molecule has 7 nitrogen and oxygen atoms in total. The molecule has 0 aliphatic rings. The fraction of sp³-hybridized carbons (Fsp3) is 0.217. The number of aromatic nitrogens is 2. The molecule has 0 aliphatic heterocycles. The van der Waals surface area contributed by atoms with Gasteiger partial charge < -0.3 is 14.2 Å². The molecule has 8 heteroatoms. The van der Waals surface area contributed by atoms with Crippen molar-refractivity contribution in [1.82, 2.24) is 10.2 Å². The van der Waals surface area contributed by atoms with Crippen LogP contribution in [-0.2, 0) is 17.0 Å². The minimum absolute atomic E-state index is 0.192. The van der Waals surface area contributed by atoms with Gasteiger partial charge in [-0.1, -0.05) is 49.0 Å². The first-order chi connectivity index (χ1) is 15.0. The second kappa shape index (κ2) is 9.18. The molecule has 158 valence electrons. The standard InChI is InChI=1S/C23H21N3O4S/c1-14(16-6-4-3-5-7-16)10-21-25-26-23(30-21)31-13-17-11-22(28)29-20-12-18(24-15(2)27)8-9-19(17)20/h3-9,11-12,14H,10,13H2,1-2H3,(H,24,27). The van der Waals surface area contributed by atoms with Gasteiger partial charge in [-0.15, -0.1) is 10.2 Å². The van der Waals surface area contributed by atoms with Crippen molar-refractivity contribution in [3.05, 3.63) is 82.0 Å². The van der Waals surface area contributed by atoms with E-state index in [9.17, 15) is 9.59 Å². The van der Waals surface area contributed by atoms with E-state index in [-0.39, 0.29) is 11.8 Å².